The zero-order chi connectivity index (χ0) is 10.2. The van der Waals surface area contributed by atoms with E-state index in [9.17, 15) is 0 Å². The highest BCUT2D eigenvalue weighted by Crippen LogP contribution is 2.06. The summed E-state index contributed by atoms with van der Waals surface area (Å²) in [7, 11) is 0. The number of hydrogen-bond donors (Lipinski definition) is 1. The monoisotopic (exact) mass is 211 g/mol. The molecular weight excluding hydrogens is 194 g/mol. The number of rotatable bonds is 6. The lowest BCUT2D eigenvalue weighted by molar-refractivity contribution is 0.770. The van der Waals surface area contributed by atoms with E-state index in [4.69, 9.17) is 11.6 Å². The third kappa shape index (κ3) is 4.12. The Morgan fingerprint density at radius 1 is 1.07 bits per heavy atom. The molecule has 0 bridgehead atoms. The number of nitrogens with one attached hydrogen (secondary N) is 1. The largest absolute Gasteiger partial charge is 0.304 e. The smallest absolute Gasteiger partial charge is 0.0713 e. The van der Waals surface area contributed by atoms with E-state index in [1.165, 1.54) is 24.0 Å². The molecule has 0 aliphatic heterocycles. The van der Waals surface area contributed by atoms with Crippen LogP contribution in [-0.2, 0) is 12.8 Å². The molecular formula is C12H18ClN. The molecule has 1 aromatic rings. The van der Waals surface area contributed by atoms with Crippen LogP contribution in [0.5, 0.6) is 0 Å². The van der Waals surface area contributed by atoms with Gasteiger partial charge in [-0.2, -0.15) is 0 Å². The second kappa shape index (κ2) is 6.86. The lowest BCUT2D eigenvalue weighted by Gasteiger charge is -2.03. The first-order valence-electron chi connectivity index (χ1n) is 5.21. The van der Waals surface area contributed by atoms with E-state index in [0.717, 1.165) is 13.0 Å². The summed E-state index contributed by atoms with van der Waals surface area (Å²) in [5, 5.41) is 3.10. The minimum absolute atomic E-state index is 0.536. The molecule has 0 fully saturated rings. The highest BCUT2D eigenvalue weighted by Gasteiger charge is 1.93. The molecule has 1 aromatic carbocycles. The topological polar surface area (TPSA) is 12.0 Å². The lowest BCUT2D eigenvalue weighted by Crippen LogP contribution is -2.14. The molecule has 0 atom stereocenters. The Hall–Kier alpha value is -0.530. The molecule has 0 aliphatic carbocycles. The van der Waals surface area contributed by atoms with Crippen LogP contribution in [0.3, 0.4) is 0 Å². The van der Waals surface area contributed by atoms with Gasteiger partial charge in [-0.3, -0.25) is 0 Å². The van der Waals surface area contributed by atoms with Gasteiger partial charge in [0.2, 0.25) is 0 Å². The van der Waals surface area contributed by atoms with Crippen LogP contribution in [0.1, 0.15) is 24.5 Å². The first kappa shape index (κ1) is 11.5. The molecule has 2 heteroatoms. The van der Waals surface area contributed by atoms with E-state index < -0.39 is 0 Å². The van der Waals surface area contributed by atoms with Crippen LogP contribution in [-0.4, -0.2) is 12.5 Å². The fourth-order valence-electron chi connectivity index (χ4n) is 1.46. The summed E-state index contributed by atoms with van der Waals surface area (Å²) < 4.78 is 0. The molecule has 0 heterocycles. The van der Waals surface area contributed by atoms with Gasteiger partial charge in [0, 0.05) is 6.54 Å². The fraction of sp³-hybridized carbons (Fsp3) is 0.500. The third-order valence-electron chi connectivity index (χ3n) is 2.25. The van der Waals surface area contributed by atoms with Gasteiger partial charge in [-0.25, -0.2) is 0 Å². The first-order valence-corrected chi connectivity index (χ1v) is 5.74. The van der Waals surface area contributed by atoms with Gasteiger partial charge < -0.3 is 5.32 Å². The van der Waals surface area contributed by atoms with Crippen LogP contribution < -0.4 is 5.32 Å². The zero-order valence-corrected chi connectivity index (χ0v) is 9.48. The van der Waals surface area contributed by atoms with Gasteiger partial charge in [0.25, 0.3) is 0 Å². The number of hydrogen-bond acceptors (Lipinski definition) is 1. The van der Waals surface area contributed by atoms with Gasteiger partial charge in [0.05, 0.1) is 6.00 Å². The van der Waals surface area contributed by atoms with Crippen molar-refractivity contribution < 1.29 is 0 Å². The molecule has 0 aromatic heterocycles. The van der Waals surface area contributed by atoms with E-state index in [1.807, 2.05) is 0 Å². The number of benzene rings is 1. The number of aryl methyl sites for hydroxylation is 1. The maximum atomic E-state index is 5.52. The minimum atomic E-state index is 0.536. The standard InChI is InChI=1S/C12H18ClN/c1-2-3-11-4-6-12(7-5-11)8-9-14-10-13/h4-7,14H,2-3,8-10H2,1H3. The summed E-state index contributed by atoms with van der Waals surface area (Å²) in [6, 6.07) is 9.40. The minimum Gasteiger partial charge on any atom is -0.304 e. The van der Waals surface area contributed by atoms with Gasteiger partial charge >= 0.3 is 0 Å². The van der Waals surface area contributed by atoms with Gasteiger partial charge in [-0.1, -0.05) is 37.6 Å². The van der Waals surface area contributed by atoms with Crippen molar-refractivity contribution in [3.8, 4) is 0 Å². The predicted molar refractivity (Wildman–Crippen MR) is 62.9 cm³/mol. The Kier molecular flexibility index (Phi) is 5.65. The van der Waals surface area contributed by atoms with Crippen molar-refractivity contribution in [2.24, 2.45) is 0 Å². The molecule has 0 radical (unpaired) electrons. The van der Waals surface area contributed by atoms with Gasteiger partial charge in [-0.05, 0) is 24.0 Å². The van der Waals surface area contributed by atoms with E-state index in [2.05, 4.69) is 36.5 Å². The van der Waals surface area contributed by atoms with E-state index in [1.54, 1.807) is 0 Å². The normalized spacial score (nSPS) is 10.4. The average Bonchev–Trinajstić information content (AvgIpc) is 2.21. The predicted octanol–water partition coefficient (Wildman–Crippen LogP) is 2.97. The summed E-state index contributed by atoms with van der Waals surface area (Å²) in [5.74, 6) is 0. The second-order valence-corrected chi connectivity index (χ2v) is 3.72. The van der Waals surface area contributed by atoms with Gasteiger partial charge in [0.1, 0.15) is 0 Å². The van der Waals surface area contributed by atoms with Crippen molar-refractivity contribution in [2.45, 2.75) is 26.2 Å². The van der Waals surface area contributed by atoms with Crippen molar-refractivity contribution in [3.63, 3.8) is 0 Å². The molecule has 78 valence electrons. The number of alkyl halides is 1. The van der Waals surface area contributed by atoms with Crippen LogP contribution in [0.25, 0.3) is 0 Å². The Balaban J connectivity index is 2.38. The molecule has 14 heavy (non-hydrogen) atoms. The van der Waals surface area contributed by atoms with Crippen LogP contribution in [0, 0.1) is 0 Å². The quantitative estimate of drug-likeness (QED) is 0.434. The summed E-state index contributed by atoms with van der Waals surface area (Å²) >= 11 is 5.52. The molecule has 1 N–H and O–H groups in total. The van der Waals surface area contributed by atoms with E-state index in [-0.39, 0.29) is 0 Å². The molecule has 0 amide bonds. The molecule has 1 nitrogen and oxygen atoms in total. The van der Waals surface area contributed by atoms with Crippen LogP contribution in [0.2, 0.25) is 0 Å². The summed E-state index contributed by atoms with van der Waals surface area (Å²) in [5.41, 5.74) is 2.81. The summed E-state index contributed by atoms with van der Waals surface area (Å²) in [4.78, 5) is 0. The molecule has 1 rings (SSSR count). The highest BCUT2D eigenvalue weighted by molar-refractivity contribution is 6.17. The van der Waals surface area contributed by atoms with Gasteiger partial charge in [0.15, 0.2) is 0 Å². The van der Waals surface area contributed by atoms with E-state index in [0.29, 0.717) is 6.00 Å². The average molecular weight is 212 g/mol. The van der Waals surface area contributed by atoms with Crippen molar-refractivity contribution in [1.82, 2.24) is 5.32 Å². The molecule has 0 spiro atoms. The Bertz CT molecular complexity index is 243. The van der Waals surface area contributed by atoms with E-state index >= 15 is 0 Å². The summed E-state index contributed by atoms with van der Waals surface area (Å²) in [6.45, 7) is 3.16. The van der Waals surface area contributed by atoms with Crippen molar-refractivity contribution >= 4 is 11.6 Å². The molecule has 0 saturated heterocycles. The lowest BCUT2D eigenvalue weighted by atomic mass is 10.1. The maximum absolute atomic E-state index is 5.52. The summed E-state index contributed by atoms with van der Waals surface area (Å²) in [6.07, 6.45) is 3.45. The fourth-order valence-corrected chi connectivity index (χ4v) is 1.59. The van der Waals surface area contributed by atoms with Crippen molar-refractivity contribution in [1.29, 1.82) is 0 Å². The third-order valence-corrected chi connectivity index (χ3v) is 2.44. The maximum Gasteiger partial charge on any atom is 0.0713 e. The van der Waals surface area contributed by atoms with Crippen molar-refractivity contribution in [2.75, 3.05) is 12.5 Å². The van der Waals surface area contributed by atoms with Crippen LogP contribution in [0.15, 0.2) is 24.3 Å². The first-order chi connectivity index (χ1) is 6.86. The SMILES string of the molecule is CCCc1ccc(CCNCCl)cc1. The zero-order valence-electron chi connectivity index (χ0n) is 8.72. The van der Waals surface area contributed by atoms with Gasteiger partial charge in [-0.15, -0.1) is 11.6 Å². The molecule has 0 aliphatic rings. The number of halogens is 1. The highest BCUT2D eigenvalue weighted by atomic mass is 35.5. The Morgan fingerprint density at radius 2 is 1.64 bits per heavy atom. The Labute approximate surface area is 91.5 Å². The molecule has 0 saturated carbocycles. The molecule has 0 unspecified atom stereocenters. The van der Waals surface area contributed by atoms with Crippen molar-refractivity contribution in [3.05, 3.63) is 35.4 Å². The van der Waals surface area contributed by atoms with Crippen LogP contribution >= 0.6 is 11.6 Å². The second-order valence-electron chi connectivity index (χ2n) is 3.45. The Morgan fingerprint density at radius 3 is 2.14 bits per heavy atom. The van der Waals surface area contributed by atoms with Crippen LogP contribution in [0.4, 0.5) is 0 Å².